The first-order valence-electron chi connectivity index (χ1n) is 12.6. The van der Waals surface area contributed by atoms with Gasteiger partial charge in [0.2, 0.25) is 0 Å². The third kappa shape index (κ3) is 4.35. The van der Waals surface area contributed by atoms with Gasteiger partial charge in [-0.05, 0) is 41.6 Å². The van der Waals surface area contributed by atoms with Crippen LogP contribution in [-0.4, -0.2) is 30.3 Å². The average Bonchev–Trinajstić information content (AvgIpc) is 3.53. The number of nitrogen functional groups attached to an aromatic ring is 1. The molecule has 0 spiro atoms. The van der Waals surface area contributed by atoms with E-state index in [1.54, 1.807) is 38.4 Å². The van der Waals surface area contributed by atoms with Crippen LogP contribution >= 0.6 is 0 Å². The summed E-state index contributed by atoms with van der Waals surface area (Å²) in [4.78, 5) is 31.9. The Kier molecular flexibility index (Phi) is 6.09. The van der Waals surface area contributed by atoms with Crippen molar-refractivity contribution >= 4 is 28.1 Å². The van der Waals surface area contributed by atoms with E-state index in [1.165, 1.54) is 0 Å². The first-order chi connectivity index (χ1) is 19.4. The van der Waals surface area contributed by atoms with E-state index in [1.807, 2.05) is 74.8 Å². The minimum Gasteiger partial charge on any atom is -0.382 e. The molecular formula is C30H25N8O2+. The van der Waals surface area contributed by atoms with E-state index in [4.69, 9.17) is 5.73 Å². The van der Waals surface area contributed by atoms with Crippen LogP contribution in [0, 0.1) is 11.8 Å². The predicted molar refractivity (Wildman–Crippen MR) is 151 cm³/mol. The lowest BCUT2D eigenvalue weighted by atomic mass is 10.0. The fourth-order valence-corrected chi connectivity index (χ4v) is 4.79. The van der Waals surface area contributed by atoms with Crippen LogP contribution in [0.2, 0.25) is 0 Å². The summed E-state index contributed by atoms with van der Waals surface area (Å²) in [5.74, 6) is 6.03. The smallest absolute Gasteiger partial charge is 0.362 e. The summed E-state index contributed by atoms with van der Waals surface area (Å²) in [6.45, 7) is 1.83. The van der Waals surface area contributed by atoms with Crippen molar-refractivity contribution in [3.63, 3.8) is 0 Å². The van der Waals surface area contributed by atoms with Gasteiger partial charge in [-0.1, -0.05) is 42.2 Å². The molecule has 4 N–H and O–H groups in total. The molecule has 0 saturated carbocycles. The molecule has 1 unspecified atom stereocenters. The van der Waals surface area contributed by atoms with Gasteiger partial charge in [-0.15, -0.1) is 4.52 Å². The highest BCUT2D eigenvalue weighted by atomic mass is 16.2. The van der Waals surface area contributed by atoms with Crippen molar-refractivity contribution in [2.45, 2.75) is 13.0 Å². The van der Waals surface area contributed by atoms with Crippen LogP contribution in [0.1, 0.15) is 40.1 Å². The van der Waals surface area contributed by atoms with E-state index in [0.29, 0.717) is 28.0 Å². The number of hydrogen-bond donors (Lipinski definition) is 3. The zero-order chi connectivity index (χ0) is 27.8. The quantitative estimate of drug-likeness (QED) is 0.239. The molecular weight excluding hydrogens is 504 g/mol. The highest BCUT2D eigenvalue weighted by Crippen LogP contribution is 2.24. The monoisotopic (exact) mass is 529 g/mol. The van der Waals surface area contributed by atoms with E-state index in [9.17, 15) is 9.59 Å². The minimum absolute atomic E-state index is 0.194. The maximum Gasteiger partial charge on any atom is 0.362 e. The van der Waals surface area contributed by atoms with Gasteiger partial charge < -0.3 is 11.1 Å². The van der Waals surface area contributed by atoms with Crippen LogP contribution in [0.4, 0.5) is 5.82 Å². The number of anilines is 1. The number of aromatic amines is 1. The Labute approximate surface area is 228 Å². The van der Waals surface area contributed by atoms with E-state index in [-0.39, 0.29) is 16.9 Å². The summed E-state index contributed by atoms with van der Waals surface area (Å²) in [5.41, 5.74) is 9.16. The fourth-order valence-electron chi connectivity index (χ4n) is 4.79. The highest BCUT2D eigenvalue weighted by Gasteiger charge is 2.27. The van der Waals surface area contributed by atoms with Crippen molar-refractivity contribution in [3.8, 4) is 17.5 Å². The fraction of sp³-hybridized carbons (Fsp3) is 0.100. The molecule has 6 aromatic rings. The maximum atomic E-state index is 14.2. The number of nitrogens with one attached hydrogen (secondary N) is 2. The molecule has 0 aliphatic rings. The molecule has 2 aromatic carbocycles. The van der Waals surface area contributed by atoms with E-state index in [2.05, 4.69) is 32.3 Å². The van der Waals surface area contributed by atoms with Gasteiger partial charge in [-0.3, -0.25) is 18.8 Å². The Balaban J connectivity index is 1.48. The van der Waals surface area contributed by atoms with Crippen LogP contribution in [0.3, 0.4) is 0 Å². The van der Waals surface area contributed by atoms with Gasteiger partial charge in [0.15, 0.2) is 11.4 Å². The molecule has 4 aromatic heterocycles. The van der Waals surface area contributed by atoms with Crippen LogP contribution in [0.25, 0.3) is 22.1 Å². The Morgan fingerprint density at radius 3 is 2.73 bits per heavy atom. The van der Waals surface area contributed by atoms with Crippen molar-refractivity contribution in [3.05, 3.63) is 118 Å². The SMILES string of the molecule is CC(NC(=O)c1c(N)[nH][n+]2cccnc12)c1cc2cccc(C#Cc3cnn(C)c3)c2c(=O)n1-c1ccccc1. The lowest BCUT2D eigenvalue weighted by Crippen LogP contribution is -2.33. The molecule has 0 saturated heterocycles. The van der Waals surface area contributed by atoms with Gasteiger partial charge in [-0.2, -0.15) is 5.10 Å². The lowest BCUT2D eigenvalue weighted by molar-refractivity contribution is -0.577. The molecule has 1 atom stereocenters. The summed E-state index contributed by atoms with van der Waals surface area (Å²) >= 11 is 0. The van der Waals surface area contributed by atoms with E-state index < -0.39 is 11.9 Å². The van der Waals surface area contributed by atoms with Crippen molar-refractivity contribution in [2.24, 2.45) is 7.05 Å². The minimum atomic E-state index is -0.562. The standard InChI is InChI=1S/C30H24N8O2/c1-19(34-29(39)26-27(31)35-37-15-7-14-32-28(26)37)24-16-22-9-6-8-21(13-12-20-17-33-36(2)18-20)25(22)30(40)38(24)23-10-4-3-5-11-23/h3-11,14-19H,1-2H3,(H3,31,34,35,39)/p+1. The molecule has 196 valence electrons. The van der Waals surface area contributed by atoms with Crippen LogP contribution in [0.5, 0.6) is 0 Å². The number of pyridine rings is 1. The summed E-state index contributed by atoms with van der Waals surface area (Å²) in [5, 5.41) is 11.3. The number of amides is 1. The van der Waals surface area contributed by atoms with Crippen LogP contribution < -0.4 is 21.1 Å². The zero-order valence-electron chi connectivity index (χ0n) is 21.8. The first kappa shape index (κ1) is 24.6. The van der Waals surface area contributed by atoms with Crippen molar-refractivity contribution in [2.75, 3.05) is 5.73 Å². The van der Waals surface area contributed by atoms with Gasteiger partial charge in [0.1, 0.15) is 12.4 Å². The van der Waals surface area contributed by atoms with Crippen LogP contribution in [-0.2, 0) is 7.05 Å². The van der Waals surface area contributed by atoms with E-state index >= 15 is 0 Å². The first-order valence-corrected chi connectivity index (χ1v) is 12.6. The van der Waals surface area contributed by atoms with Crippen molar-refractivity contribution in [1.82, 2.24) is 29.7 Å². The Bertz CT molecular complexity index is 2030. The number of rotatable bonds is 4. The normalized spacial score (nSPS) is 11.8. The number of aromatic nitrogens is 6. The molecule has 40 heavy (non-hydrogen) atoms. The number of carbonyl (C=O) groups is 1. The number of fused-ring (bicyclic) bond motifs is 2. The number of H-pyrrole nitrogens is 1. The van der Waals surface area contributed by atoms with Crippen LogP contribution in [0.15, 0.2) is 90.2 Å². The number of para-hydroxylation sites is 1. The Morgan fingerprint density at radius 1 is 1.12 bits per heavy atom. The Hall–Kier alpha value is -5.69. The molecule has 4 heterocycles. The second kappa shape index (κ2) is 9.89. The molecule has 1 amide bonds. The topological polar surface area (TPSA) is 128 Å². The van der Waals surface area contributed by atoms with E-state index in [0.717, 1.165) is 10.9 Å². The molecule has 10 nitrogen and oxygen atoms in total. The number of aryl methyl sites for hydroxylation is 1. The van der Waals surface area contributed by atoms with Gasteiger partial charge >= 0.3 is 5.65 Å². The molecule has 0 bridgehead atoms. The molecule has 0 aliphatic carbocycles. The maximum absolute atomic E-state index is 14.2. The molecule has 10 heteroatoms. The number of hydrogen-bond acceptors (Lipinski definition) is 5. The molecule has 0 radical (unpaired) electrons. The van der Waals surface area contributed by atoms with Gasteiger partial charge in [0, 0.05) is 36.3 Å². The summed E-state index contributed by atoms with van der Waals surface area (Å²) in [7, 11) is 1.82. The predicted octanol–water partition coefficient (Wildman–Crippen LogP) is 2.66. The molecule has 6 rings (SSSR count). The third-order valence-corrected chi connectivity index (χ3v) is 6.63. The van der Waals surface area contributed by atoms with Gasteiger partial charge in [-0.25, -0.2) is 5.10 Å². The summed E-state index contributed by atoms with van der Waals surface area (Å²) in [6, 6.07) is 18.0. The van der Waals surface area contributed by atoms with Crippen molar-refractivity contribution in [1.29, 1.82) is 0 Å². The zero-order valence-corrected chi connectivity index (χ0v) is 21.8. The second-order valence-corrected chi connectivity index (χ2v) is 9.38. The van der Waals surface area contributed by atoms with Gasteiger partial charge in [0.05, 0.1) is 23.2 Å². The second-order valence-electron chi connectivity index (χ2n) is 9.38. The summed E-state index contributed by atoms with van der Waals surface area (Å²) < 4.78 is 4.88. The number of benzene rings is 2. The highest BCUT2D eigenvalue weighted by molar-refractivity contribution is 6.03. The average molecular weight is 530 g/mol. The number of nitrogens with zero attached hydrogens (tertiary/aromatic N) is 5. The van der Waals surface area contributed by atoms with Crippen molar-refractivity contribution < 1.29 is 9.31 Å². The lowest BCUT2D eigenvalue weighted by Gasteiger charge is -2.21. The summed E-state index contributed by atoms with van der Waals surface area (Å²) in [6.07, 6.45) is 6.81. The number of carbonyl (C=O) groups excluding carboxylic acids is 1. The largest absolute Gasteiger partial charge is 0.382 e. The molecule has 0 aliphatic heterocycles. The molecule has 0 fully saturated rings. The third-order valence-electron chi connectivity index (χ3n) is 6.63. The van der Waals surface area contributed by atoms with Gasteiger partial charge in [0.25, 0.3) is 11.5 Å². The number of nitrogens with two attached hydrogens (primary N) is 1. The Morgan fingerprint density at radius 2 is 1.95 bits per heavy atom.